The predicted molar refractivity (Wildman–Crippen MR) is 152 cm³/mol. The summed E-state index contributed by atoms with van der Waals surface area (Å²) >= 11 is 4.28. The standard InChI is InChI=1S/C29H31N5O4S/c1-18(2)23-15-24(26(36)16-25(23)35)27-30-31-29(38)34(27)21-7-3-19(4-8-21)17-32-11-13-33(14-12-32)28(37)20-5-9-22(39)10-6-20/h3-10,15-16,18,35-36,39H,11-14,17H2,1-2H3,(H,31,38). The number of piperazine rings is 1. The first-order chi connectivity index (χ1) is 18.7. The lowest BCUT2D eigenvalue weighted by Gasteiger charge is -2.34. The van der Waals surface area contributed by atoms with Crippen molar-refractivity contribution in [2.24, 2.45) is 0 Å². The number of H-pyrrole nitrogens is 1. The van der Waals surface area contributed by atoms with Crippen LogP contribution in [-0.2, 0) is 6.54 Å². The fraction of sp³-hybridized carbons (Fsp3) is 0.276. The van der Waals surface area contributed by atoms with Gasteiger partial charge < -0.3 is 15.1 Å². The summed E-state index contributed by atoms with van der Waals surface area (Å²) in [7, 11) is 0. The third-order valence-electron chi connectivity index (χ3n) is 7.05. The molecule has 0 saturated carbocycles. The molecular weight excluding hydrogens is 514 g/mol. The number of phenolic OH excluding ortho intramolecular Hbond substituents is 2. The van der Waals surface area contributed by atoms with Gasteiger partial charge in [0, 0.05) is 49.2 Å². The predicted octanol–water partition coefficient (Wildman–Crippen LogP) is 4.01. The number of carbonyl (C=O) groups excluding carboxylic acids is 1. The number of nitrogens with one attached hydrogen (secondary N) is 1. The third-order valence-corrected chi connectivity index (χ3v) is 7.35. The molecule has 1 amide bonds. The molecule has 5 rings (SSSR count). The van der Waals surface area contributed by atoms with Crippen LogP contribution in [0, 0.1) is 0 Å². The van der Waals surface area contributed by atoms with Crippen LogP contribution in [0.15, 0.2) is 70.4 Å². The fourth-order valence-electron chi connectivity index (χ4n) is 4.86. The fourth-order valence-corrected chi connectivity index (χ4v) is 5.01. The van der Waals surface area contributed by atoms with E-state index in [0.717, 1.165) is 30.1 Å². The largest absolute Gasteiger partial charge is 0.508 e. The van der Waals surface area contributed by atoms with Gasteiger partial charge in [0.1, 0.15) is 11.5 Å². The molecule has 1 fully saturated rings. The maximum Gasteiger partial charge on any atom is 0.348 e. The highest BCUT2D eigenvalue weighted by atomic mass is 32.1. The van der Waals surface area contributed by atoms with Crippen molar-refractivity contribution in [1.29, 1.82) is 0 Å². The third kappa shape index (κ3) is 5.57. The Morgan fingerprint density at radius 2 is 1.64 bits per heavy atom. The zero-order chi connectivity index (χ0) is 27.7. The highest BCUT2D eigenvalue weighted by molar-refractivity contribution is 7.80. The molecule has 1 aromatic heterocycles. The number of phenols is 2. The zero-order valence-corrected chi connectivity index (χ0v) is 22.7. The van der Waals surface area contributed by atoms with Gasteiger partial charge in [-0.2, -0.15) is 5.10 Å². The summed E-state index contributed by atoms with van der Waals surface area (Å²) in [6, 6.07) is 17.8. The number of nitrogens with zero attached hydrogens (tertiary/aromatic N) is 4. The number of aromatic hydroxyl groups is 2. The Labute approximate surface area is 231 Å². The average Bonchev–Trinajstić information content (AvgIpc) is 3.30. The minimum atomic E-state index is -0.430. The Kier molecular flexibility index (Phi) is 7.49. The summed E-state index contributed by atoms with van der Waals surface area (Å²) in [5, 5.41) is 27.4. The highest BCUT2D eigenvalue weighted by Crippen LogP contribution is 2.37. The first-order valence-electron chi connectivity index (χ1n) is 12.8. The van der Waals surface area contributed by atoms with E-state index in [1.54, 1.807) is 6.07 Å². The zero-order valence-electron chi connectivity index (χ0n) is 21.8. The van der Waals surface area contributed by atoms with E-state index in [2.05, 4.69) is 27.7 Å². The van der Waals surface area contributed by atoms with Gasteiger partial charge in [-0.05, 0) is 59.5 Å². The minimum absolute atomic E-state index is 0.00242. The van der Waals surface area contributed by atoms with Gasteiger partial charge in [-0.3, -0.25) is 9.69 Å². The number of hydrogen-bond acceptors (Lipinski definition) is 7. The molecule has 0 spiro atoms. The molecule has 1 saturated heterocycles. The molecule has 1 aliphatic rings. The Balaban J connectivity index is 1.28. The van der Waals surface area contributed by atoms with Crippen LogP contribution in [0.2, 0.25) is 0 Å². The molecule has 39 heavy (non-hydrogen) atoms. The van der Waals surface area contributed by atoms with E-state index in [4.69, 9.17) is 0 Å². The lowest BCUT2D eigenvalue weighted by Crippen LogP contribution is -2.48. The number of amides is 1. The second kappa shape index (κ2) is 11.0. The van der Waals surface area contributed by atoms with E-state index in [1.807, 2.05) is 67.3 Å². The van der Waals surface area contributed by atoms with Crippen LogP contribution in [0.4, 0.5) is 0 Å². The quantitative estimate of drug-likeness (QED) is 0.272. The molecule has 0 radical (unpaired) electrons. The van der Waals surface area contributed by atoms with Crippen LogP contribution in [0.25, 0.3) is 17.1 Å². The molecule has 3 N–H and O–H groups in total. The van der Waals surface area contributed by atoms with Crippen LogP contribution >= 0.6 is 12.6 Å². The molecule has 0 bridgehead atoms. The SMILES string of the molecule is CC(C)c1cc(-c2n[nH]c(=O)n2-c2ccc(CN3CCN(C(=O)c4ccc(S)cc4)CC3)cc2)c(O)cc1O. The maximum atomic E-state index is 12.8. The summed E-state index contributed by atoms with van der Waals surface area (Å²) < 4.78 is 1.41. The molecule has 1 aliphatic heterocycles. The number of rotatable bonds is 6. The van der Waals surface area contributed by atoms with Gasteiger partial charge in [0.2, 0.25) is 0 Å². The van der Waals surface area contributed by atoms with E-state index < -0.39 is 5.69 Å². The molecule has 3 aromatic carbocycles. The van der Waals surface area contributed by atoms with Gasteiger partial charge in [-0.15, -0.1) is 12.6 Å². The number of hydrogen-bond donors (Lipinski definition) is 4. The maximum absolute atomic E-state index is 12.8. The van der Waals surface area contributed by atoms with Crippen LogP contribution in [0.1, 0.15) is 41.3 Å². The molecule has 0 aliphatic carbocycles. The lowest BCUT2D eigenvalue weighted by atomic mass is 9.98. The van der Waals surface area contributed by atoms with E-state index in [0.29, 0.717) is 35.5 Å². The molecule has 2 heterocycles. The van der Waals surface area contributed by atoms with Crippen molar-refractivity contribution < 1.29 is 15.0 Å². The molecule has 9 nitrogen and oxygen atoms in total. The van der Waals surface area contributed by atoms with Gasteiger partial charge in [0.05, 0.1) is 11.3 Å². The number of aromatic amines is 1. The van der Waals surface area contributed by atoms with Crippen molar-refractivity contribution in [1.82, 2.24) is 24.6 Å². The molecule has 10 heteroatoms. The van der Waals surface area contributed by atoms with Crippen molar-refractivity contribution in [2.75, 3.05) is 26.2 Å². The monoisotopic (exact) mass is 545 g/mol. The van der Waals surface area contributed by atoms with Crippen LogP contribution in [0.5, 0.6) is 11.5 Å². The van der Waals surface area contributed by atoms with Crippen LogP contribution in [-0.4, -0.2) is 66.9 Å². The summed E-state index contributed by atoms with van der Waals surface area (Å²) in [6.07, 6.45) is 0. The first-order valence-corrected chi connectivity index (χ1v) is 13.3. The van der Waals surface area contributed by atoms with Crippen molar-refractivity contribution in [3.63, 3.8) is 0 Å². The first kappa shape index (κ1) is 26.6. The molecule has 202 valence electrons. The number of carbonyl (C=O) groups is 1. The minimum Gasteiger partial charge on any atom is -0.508 e. The molecule has 0 unspecified atom stereocenters. The summed E-state index contributed by atoms with van der Waals surface area (Å²) in [5.74, 6) is 0.149. The Morgan fingerprint density at radius 1 is 0.974 bits per heavy atom. The van der Waals surface area contributed by atoms with Crippen LogP contribution in [0.3, 0.4) is 0 Å². The molecule has 0 atom stereocenters. The second-order valence-electron chi connectivity index (χ2n) is 10.1. The average molecular weight is 546 g/mol. The lowest BCUT2D eigenvalue weighted by molar-refractivity contribution is 0.0628. The van der Waals surface area contributed by atoms with E-state index in [1.165, 1.54) is 10.6 Å². The normalized spacial score (nSPS) is 14.2. The van der Waals surface area contributed by atoms with Gasteiger partial charge in [-0.25, -0.2) is 14.5 Å². The van der Waals surface area contributed by atoms with Crippen molar-refractivity contribution >= 4 is 18.5 Å². The number of benzene rings is 3. The van der Waals surface area contributed by atoms with Gasteiger partial charge in [-0.1, -0.05) is 26.0 Å². The number of aromatic nitrogens is 3. The topological polar surface area (TPSA) is 115 Å². The van der Waals surface area contributed by atoms with Gasteiger partial charge >= 0.3 is 5.69 Å². The Bertz CT molecular complexity index is 1540. The van der Waals surface area contributed by atoms with Crippen molar-refractivity contribution in [3.05, 3.63) is 87.8 Å². The van der Waals surface area contributed by atoms with Gasteiger partial charge in [0.15, 0.2) is 5.82 Å². The van der Waals surface area contributed by atoms with E-state index >= 15 is 0 Å². The van der Waals surface area contributed by atoms with Gasteiger partial charge in [0.25, 0.3) is 5.91 Å². The van der Waals surface area contributed by atoms with Crippen molar-refractivity contribution in [3.8, 4) is 28.6 Å². The Morgan fingerprint density at radius 3 is 2.28 bits per heavy atom. The Hall–Kier alpha value is -4.02. The summed E-state index contributed by atoms with van der Waals surface area (Å²) in [4.78, 5) is 30.5. The number of thiol groups is 1. The molecule has 4 aromatic rings. The summed E-state index contributed by atoms with van der Waals surface area (Å²) in [5.41, 5.74) is 2.93. The van der Waals surface area contributed by atoms with E-state index in [9.17, 15) is 19.8 Å². The second-order valence-corrected chi connectivity index (χ2v) is 10.6. The smallest absolute Gasteiger partial charge is 0.348 e. The van der Waals surface area contributed by atoms with Crippen molar-refractivity contribution in [2.45, 2.75) is 31.2 Å². The molecular formula is C29H31N5O4S. The van der Waals surface area contributed by atoms with Crippen LogP contribution < -0.4 is 5.69 Å². The van der Waals surface area contributed by atoms with E-state index in [-0.39, 0.29) is 29.1 Å². The summed E-state index contributed by atoms with van der Waals surface area (Å²) in [6.45, 7) is 7.43. The highest BCUT2D eigenvalue weighted by Gasteiger charge is 2.23.